The number of halogens is 1. The van der Waals surface area contributed by atoms with Crippen LogP contribution in [0.15, 0.2) is 6.20 Å². The molecule has 0 aliphatic carbocycles. The molecule has 0 aromatic carbocycles. The molecule has 5 nitrogen and oxygen atoms in total. The Kier molecular flexibility index (Phi) is 2.32. The van der Waals surface area contributed by atoms with E-state index in [1.165, 1.54) is 10.9 Å². The largest absolute Gasteiger partial charge is 0.408 e. The molecular formula is C6H8ClN3O2. The highest BCUT2D eigenvalue weighted by Gasteiger charge is 2.19. The van der Waals surface area contributed by atoms with Gasteiger partial charge in [-0.25, -0.2) is 0 Å². The van der Waals surface area contributed by atoms with Crippen molar-refractivity contribution in [2.45, 2.75) is 19.9 Å². The van der Waals surface area contributed by atoms with Crippen LogP contribution in [0.5, 0.6) is 0 Å². The monoisotopic (exact) mass is 189 g/mol. The van der Waals surface area contributed by atoms with Gasteiger partial charge in [0.15, 0.2) is 5.02 Å². The maximum Gasteiger partial charge on any atom is 0.408 e. The van der Waals surface area contributed by atoms with Crippen molar-refractivity contribution in [1.82, 2.24) is 9.78 Å². The molecule has 0 aliphatic heterocycles. The molecule has 0 saturated carbocycles. The zero-order valence-electron chi connectivity index (χ0n) is 6.69. The van der Waals surface area contributed by atoms with Crippen molar-refractivity contribution >= 4 is 17.4 Å². The van der Waals surface area contributed by atoms with Crippen LogP contribution in [0.25, 0.3) is 0 Å². The summed E-state index contributed by atoms with van der Waals surface area (Å²) in [5.41, 5.74) is 0. The molecule has 12 heavy (non-hydrogen) atoms. The van der Waals surface area contributed by atoms with Gasteiger partial charge in [-0.15, -0.1) is 0 Å². The Morgan fingerprint density at radius 1 is 1.75 bits per heavy atom. The van der Waals surface area contributed by atoms with Crippen LogP contribution in [0.2, 0.25) is 5.02 Å². The zero-order chi connectivity index (χ0) is 9.30. The predicted octanol–water partition coefficient (Wildman–Crippen LogP) is 2.03. The third kappa shape index (κ3) is 1.55. The molecule has 0 fully saturated rings. The number of hydrogen-bond acceptors (Lipinski definition) is 3. The van der Waals surface area contributed by atoms with Gasteiger partial charge in [0.1, 0.15) is 0 Å². The smallest absolute Gasteiger partial charge is 0.358 e. The number of rotatable bonds is 2. The molecule has 0 radical (unpaired) electrons. The van der Waals surface area contributed by atoms with E-state index in [0.29, 0.717) is 0 Å². The summed E-state index contributed by atoms with van der Waals surface area (Å²) in [6.07, 6.45) is 1.45. The first-order valence-electron chi connectivity index (χ1n) is 3.41. The van der Waals surface area contributed by atoms with E-state index in [1.807, 2.05) is 13.8 Å². The highest BCUT2D eigenvalue weighted by atomic mass is 35.5. The van der Waals surface area contributed by atoms with Crippen LogP contribution >= 0.6 is 11.6 Å². The molecule has 0 atom stereocenters. The summed E-state index contributed by atoms with van der Waals surface area (Å²) in [4.78, 5) is 9.71. The Bertz CT molecular complexity index is 308. The Balaban J connectivity index is 3.09. The lowest BCUT2D eigenvalue weighted by Crippen LogP contribution is -2.01. The van der Waals surface area contributed by atoms with Gasteiger partial charge in [0.2, 0.25) is 0 Å². The molecule has 0 aliphatic rings. The van der Waals surface area contributed by atoms with Gasteiger partial charge in [0.25, 0.3) is 0 Å². The molecule has 66 valence electrons. The average molecular weight is 190 g/mol. The van der Waals surface area contributed by atoms with Crippen LogP contribution in [0.1, 0.15) is 19.9 Å². The van der Waals surface area contributed by atoms with Crippen molar-refractivity contribution < 1.29 is 4.92 Å². The van der Waals surface area contributed by atoms with E-state index in [-0.39, 0.29) is 16.9 Å². The van der Waals surface area contributed by atoms with E-state index in [4.69, 9.17) is 11.6 Å². The van der Waals surface area contributed by atoms with Crippen molar-refractivity contribution in [3.8, 4) is 0 Å². The van der Waals surface area contributed by atoms with Crippen LogP contribution < -0.4 is 0 Å². The fraction of sp³-hybridized carbons (Fsp3) is 0.500. The summed E-state index contributed by atoms with van der Waals surface area (Å²) in [5, 5.41) is 14.1. The maximum absolute atomic E-state index is 10.3. The molecule has 0 unspecified atom stereocenters. The van der Waals surface area contributed by atoms with Crippen molar-refractivity contribution in [3.05, 3.63) is 21.3 Å². The van der Waals surface area contributed by atoms with Gasteiger partial charge in [-0.2, -0.15) is 4.68 Å². The zero-order valence-corrected chi connectivity index (χ0v) is 7.45. The Labute approximate surface area is 74.1 Å². The second-order valence-electron chi connectivity index (χ2n) is 2.63. The molecule has 0 amide bonds. The molecule has 1 rings (SSSR count). The summed E-state index contributed by atoms with van der Waals surface area (Å²) in [6.45, 7) is 3.74. The highest BCUT2D eigenvalue weighted by molar-refractivity contribution is 6.32. The van der Waals surface area contributed by atoms with Crippen LogP contribution in [-0.2, 0) is 0 Å². The van der Waals surface area contributed by atoms with E-state index in [2.05, 4.69) is 5.10 Å². The summed E-state index contributed by atoms with van der Waals surface area (Å²) in [5.74, 6) is -0.287. The standard InChI is InChI=1S/C6H8ClN3O2/c1-4(2)9-3-5(7)6(8-9)10(11)12/h3-4H,1-2H3. The van der Waals surface area contributed by atoms with E-state index in [9.17, 15) is 10.1 Å². The van der Waals surface area contributed by atoms with Crippen molar-refractivity contribution in [2.24, 2.45) is 0 Å². The summed E-state index contributed by atoms with van der Waals surface area (Å²) in [6, 6.07) is 0.0798. The third-order valence-electron chi connectivity index (χ3n) is 1.37. The number of nitrogens with zero attached hydrogens (tertiary/aromatic N) is 3. The Hall–Kier alpha value is -1.10. The van der Waals surface area contributed by atoms with E-state index in [0.717, 1.165) is 0 Å². The van der Waals surface area contributed by atoms with Gasteiger partial charge in [0, 0.05) is 0 Å². The maximum atomic E-state index is 10.3. The van der Waals surface area contributed by atoms with E-state index < -0.39 is 4.92 Å². The summed E-state index contributed by atoms with van der Waals surface area (Å²) >= 11 is 5.56. The minimum absolute atomic E-state index is 0.0775. The summed E-state index contributed by atoms with van der Waals surface area (Å²) in [7, 11) is 0. The highest BCUT2D eigenvalue weighted by Crippen LogP contribution is 2.22. The fourth-order valence-electron chi connectivity index (χ4n) is 0.748. The topological polar surface area (TPSA) is 61.0 Å². The molecule has 1 heterocycles. The second kappa shape index (κ2) is 3.10. The van der Waals surface area contributed by atoms with Crippen molar-refractivity contribution in [1.29, 1.82) is 0 Å². The lowest BCUT2D eigenvalue weighted by Gasteiger charge is -1.96. The van der Waals surface area contributed by atoms with E-state index >= 15 is 0 Å². The molecule has 0 saturated heterocycles. The Morgan fingerprint density at radius 2 is 2.33 bits per heavy atom. The normalized spacial score (nSPS) is 10.7. The average Bonchev–Trinajstić information content (AvgIpc) is 2.30. The van der Waals surface area contributed by atoms with Crippen LogP contribution in [0, 0.1) is 10.1 Å². The molecule has 1 aromatic rings. The molecule has 0 spiro atoms. The van der Waals surface area contributed by atoms with Gasteiger partial charge < -0.3 is 10.1 Å². The second-order valence-corrected chi connectivity index (χ2v) is 3.04. The lowest BCUT2D eigenvalue weighted by molar-refractivity contribution is -0.389. The first-order valence-corrected chi connectivity index (χ1v) is 3.79. The number of nitro groups is 1. The van der Waals surface area contributed by atoms with Gasteiger partial charge >= 0.3 is 5.82 Å². The number of aromatic nitrogens is 2. The van der Waals surface area contributed by atoms with Crippen LogP contribution in [0.4, 0.5) is 5.82 Å². The lowest BCUT2D eigenvalue weighted by atomic mass is 10.4. The SMILES string of the molecule is CC(C)n1cc(Cl)c([N+](=O)[O-])n1. The quantitative estimate of drug-likeness (QED) is 0.528. The Morgan fingerprint density at radius 3 is 2.58 bits per heavy atom. The molecule has 1 aromatic heterocycles. The summed E-state index contributed by atoms with van der Waals surface area (Å²) < 4.78 is 1.46. The van der Waals surface area contributed by atoms with E-state index in [1.54, 1.807) is 0 Å². The predicted molar refractivity (Wildman–Crippen MR) is 44.3 cm³/mol. The van der Waals surface area contributed by atoms with Gasteiger partial charge in [-0.3, -0.25) is 0 Å². The van der Waals surface area contributed by atoms with Gasteiger partial charge in [0.05, 0.1) is 17.3 Å². The first kappa shape index (κ1) is 8.99. The fourth-order valence-corrected chi connectivity index (χ4v) is 0.955. The van der Waals surface area contributed by atoms with Crippen LogP contribution in [0.3, 0.4) is 0 Å². The van der Waals surface area contributed by atoms with Crippen LogP contribution in [-0.4, -0.2) is 14.7 Å². The molecule has 6 heteroatoms. The molecule has 0 N–H and O–H groups in total. The van der Waals surface area contributed by atoms with Gasteiger partial charge in [-0.1, -0.05) is 11.6 Å². The molecular weight excluding hydrogens is 182 g/mol. The molecule has 0 bridgehead atoms. The first-order chi connectivity index (χ1) is 5.52. The minimum Gasteiger partial charge on any atom is -0.358 e. The van der Waals surface area contributed by atoms with Gasteiger partial charge in [-0.05, 0) is 18.8 Å². The number of hydrogen-bond donors (Lipinski definition) is 0. The van der Waals surface area contributed by atoms with Crippen molar-refractivity contribution in [3.63, 3.8) is 0 Å². The third-order valence-corrected chi connectivity index (χ3v) is 1.64. The minimum atomic E-state index is -0.596. The van der Waals surface area contributed by atoms with Crippen molar-refractivity contribution in [2.75, 3.05) is 0 Å².